The van der Waals surface area contributed by atoms with Gasteiger partial charge in [-0.2, -0.15) is 0 Å². The molecule has 0 saturated carbocycles. The van der Waals surface area contributed by atoms with E-state index in [0.29, 0.717) is 12.1 Å². The highest BCUT2D eigenvalue weighted by Gasteiger charge is 2.10. The van der Waals surface area contributed by atoms with E-state index in [2.05, 4.69) is 20.5 Å². The molecule has 1 N–H and O–H groups in total. The fourth-order valence-electron chi connectivity index (χ4n) is 2.60. The molecule has 0 aliphatic heterocycles. The number of rotatable bonds is 6. The monoisotopic (exact) mass is 323 g/mol. The van der Waals surface area contributed by atoms with E-state index >= 15 is 0 Å². The zero-order chi connectivity index (χ0) is 16.9. The number of nitrogens with zero attached hydrogens (tertiary/aromatic N) is 4. The lowest BCUT2D eigenvalue weighted by Gasteiger charge is -2.19. The van der Waals surface area contributed by atoms with Gasteiger partial charge in [-0.3, -0.25) is 4.79 Å². The van der Waals surface area contributed by atoms with Crippen LogP contribution in [0.25, 0.3) is 11.0 Å². The molecular formula is C18H21N5O. The van der Waals surface area contributed by atoms with E-state index < -0.39 is 0 Å². The van der Waals surface area contributed by atoms with Crippen molar-refractivity contribution in [1.29, 1.82) is 0 Å². The molecule has 0 spiro atoms. The van der Waals surface area contributed by atoms with Crippen molar-refractivity contribution >= 4 is 22.6 Å². The van der Waals surface area contributed by atoms with Crippen molar-refractivity contribution in [1.82, 2.24) is 20.3 Å². The topological polar surface area (TPSA) is 63.1 Å². The number of amides is 1. The maximum absolute atomic E-state index is 12.3. The van der Waals surface area contributed by atoms with Crippen LogP contribution in [0.4, 0.5) is 5.69 Å². The summed E-state index contributed by atoms with van der Waals surface area (Å²) in [7, 11) is 2.01. The van der Waals surface area contributed by atoms with E-state index in [9.17, 15) is 4.79 Å². The SMILES string of the molecule is CCn1nnc2cc(C(=O)NCCN(C)c3ccccc3)ccc21. The van der Waals surface area contributed by atoms with Crippen molar-refractivity contribution in [3.63, 3.8) is 0 Å². The highest BCUT2D eigenvalue weighted by atomic mass is 16.1. The fraction of sp³-hybridized carbons (Fsp3) is 0.278. The second-order valence-corrected chi connectivity index (χ2v) is 5.62. The molecule has 0 aliphatic rings. The molecule has 6 heteroatoms. The first-order valence-electron chi connectivity index (χ1n) is 8.06. The molecule has 1 amide bonds. The number of fused-ring (bicyclic) bond motifs is 1. The summed E-state index contributed by atoms with van der Waals surface area (Å²) < 4.78 is 1.81. The molecule has 0 saturated heterocycles. The van der Waals surface area contributed by atoms with Crippen LogP contribution in [0, 0.1) is 0 Å². The van der Waals surface area contributed by atoms with Gasteiger partial charge in [-0.15, -0.1) is 5.10 Å². The Bertz CT molecular complexity index is 828. The summed E-state index contributed by atoms with van der Waals surface area (Å²) in [4.78, 5) is 14.4. The third-order valence-electron chi connectivity index (χ3n) is 4.01. The van der Waals surface area contributed by atoms with E-state index in [1.54, 1.807) is 6.07 Å². The first-order chi connectivity index (χ1) is 11.7. The Morgan fingerprint density at radius 2 is 2.00 bits per heavy atom. The summed E-state index contributed by atoms with van der Waals surface area (Å²) in [6.45, 7) is 4.08. The van der Waals surface area contributed by atoms with Gasteiger partial charge in [-0.05, 0) is 37.3 Å². The Labute approximate surface area is 141 Å². The minimum Gasteiger partial charge on any atom is -0.373 e. The molecule has 0 aliphatic carbocycles. The minimum absolute atomic E-state index is 0.0931. The predicted octanol–water partition coefficient (Wildman–Crippen LogP) is 2.32. The largest absolute Gasteiger partial charge is 0.373 e. The number of benzene rings is 2. The molecule has 0 radical (unpaired) electrons. The number of hydrogen-bond acceptors (Lipinski definition) is 4. The van der Waals surface area contributed by atoms with Crippen LogP contribution in [-0.2, 0) is 6.54 Å². The van der Waals surface area contributed by atoms with Crippen LogP contribution >= 0.6 is 0 Å². The highest BCUT2D eigenvalue weighted by molar-refractivity contribution is 5.97. The van der Waals surface area contributed by atoms with Crippen molar-refractivity contribution in [3.05, 3.63) is 54.1 Å². The second-order valence-electron chi connectivity index (χ2n) is 5.62. The lowest BCUT2D eigenvalue weighted by Crippen LogP contribution is -2.32. The van der Waals surface area contributed by atoms with E-state index in [0.717, 1.165) is 29.8 Å². The van der Waals surface area contributed by atoms with Gasteiger partial charge >= 0.3 is 0 Å². The predicted molar refractivity (Wildman–Crippen MR) is 95.2 cm³/mol. The minimum atomic E-state index is -0.0931. The van der Waals surface area contributed by atoms with E-state index in [1.807, 2.05) is 61.1 Å². The molecule has 3 aromatic rings. The van der Waals surface area contributed by atoms with Gasteiger partial charge in [0, 0.05) is 37.9 Å². The number of aryl methyl sites for hydroxylation is 1. The van der Waals surface area contributed by atoms with Crippen LogP contribution in [0.15, 0.2) is 48.5 Å². The number of aromatic nitrogens is 3. The van der Waals surface area contributed by atoms with Crippen LogP contribution in [0.1, 0.15) is 17.3 Å². The molecule has 0 fully saturated rings. The molecule has 24 heavy (non-hydrogen) atoms. The van der Waals surface area contributed by atoms with Gasteiger partial charge in [0.2, 0.25) is 0 Å². The van der Waals surface area contributed by atoms with Crippen molar-refractivity contribution in [3.8, 4) is 0 Å². The first-order valence-corrected chi connectivity index (χ1v) is 8.06. The van der Waals surface area contributed by atoms with Crippen LogP contribution in [-0.4, -0.2) is 41.0 Å². The molecule has 0 bridgehead atoms. The summed E-state index contributed by atoms with van der Waals surface area (Å²) in [5.74, 6) is -0.0931. The number of hydrogen-bond donors (Lipinski definition) is 1. The first kappa shape index (κ1) is 16.0. The molecule has 0 unspecified atom stereocenters. The zero-order valence-corrected chi connectivity index (χ0v) is 13.9. The Morgan fingerprint density at radius 3 is 2.75 bits per heavy atom. The molecule has 1 heterocycles. The number of carbonyl (C=O) groups is 1. The quantitative estimate of drug-likeness (QED) is 0.756. The van der Waals surface area contributed by atoms with Gasteiger partial charge in [0.05, 0.1) is 5.52 Å². The van der Waals surface area contributed by atoms with Gasteiger partial charge in [0.25, 0.3) is 5.91 Å². The summed E-state index contributed by atoms with van der Waals surface area (Å²) in [6, 6.07) is 15.6. The fourth-order valence-corrected chi connectivity index (χ4v) is 2.60. The zero-order valence-electron chi connectivity index (χ0n) is 13.9. The highest BCUT2D eigenvalue weighted by Crippen LogP contribution is 2.13. The number of nitrogens with one attached hydrogen (secondary N) is 1. The van der Waals surface area contributed by atoms with E-state index in [1.165, 1.54) is 0 Å². The number of para-hydroxylation sites is 1. The third-order valence-corrected chi connectivity index (χ3v) is 4.01. The van der Waals surface area contributed by atoms with Crippen molar-refractivity contribution in [2.75, 3.05) is 25.0 Å². The van der Waals surface area contributed by atoms with Gasteiger partial charge < -0.3 is 10.2 Å². The Balaban J connectivity index is 1.59. The van der Waals surface area contributed by atoms with E-state index in [4.69, 9.17) is 0 Å². The van der Waals surface area contributed by atoms with Gasteiger partial charge in [-0.25, -0.2) is 4.68 Å². The Morgan fingerprint density at radius 1 is 1.21 bits per heavy atom. The van der Waals surface area contributed by atoms with Crippen molar-refractivity contribution < 1.29 is 4.79 Å². The average molecular weight is 323 g/mol. The smallest absolute Gasteiger partial charge is 0.251 e. The maximum atomic E-state index is 12.3. The van der Waals surface area contributed by atoms with Crippen LogP contribution in [0.3, 0.4) is 0 Å². The summed E-state index contributed by atoms with van der Waals surface area (Å²) in [5, 5.41) is 11.1. The third kappa shape index (κ3) is 3.37. The summed E-state index contributed by atoms with van der Waals surface area (Å²) >= 11 is 0. The van der Waals surface area contributed by atoms with Crippen LogP contribution in [0.5, 0.6) is 0 Å². The van der Waals surface area contributed by atoms with Crippen molar-refractivity contribution in [2.24, 2.45) is 0 Å². The van der Waals surface area contributed by atoms with Crippen molar-refractivity contribution in [2.45, 2.75) is 13.5 Å². The summed E-state index contributed by atoms with van der Waals surface area (Å²) in [6.07, 6.45) is 0. The number of carbonyl (C=O) groups excluding carboxylic acids is 1. The van der Waals surface area contributed by atoms with E-state index in [-0.39, 0.29) is 5.91 Å². The standard InChI is InChI=1S/C18H21N5O/c1-3-23-17-10-9-14(13-16(17)20-21-23)18(24)19-11-12-22(2)15-7-5-4-6-8-15/h4-10,13H,3,11-12H2,1-2H3,(H,19,24). The normalized spacial score (nSPS) is 10.8. The molecule has 6 nitrogen and oxygen atoms in total. The Hall–Kier alpha value is -2.89. The maximum Gasteiger partial charge on any atom is 0.251 e. The second kappa shape index (κ2) is 7.12. The number of likely N-dealkylation sites (N-methyl/N-ethyl adjacent to an activating group) is 1. The van der Waals surface area contributed by atoms with Crippen LogP contribution in [0.2, 0.25) is 0 Å². The molecule has 124 valence electrons. The molecule has 0 atom stereocenters. The lowest BCUT2D eigenvalue weighted by molar-refractivity contribution is 0.0955. The molecular weight excluding hydrogens is 302 g/mol. The Kier molecular flexibility index (Phi) is 4.74. The number of anilines is 1. The summed E-state index contributed by atoms with van der Waals surface area (Å²) in [5.41, 5.74) is 3.42. The molecule has 2 aromatic carbocycles. The molecule has 1 aromatic heterocycles. The van der Waals surface area contributed by atoms with Gasteiger partial charge in [0.1, 0.15) is 5.52 Å². The van der Waals surface area contributed by atoms with Gasteiger partial charge in [0.15, 0.2) is 0 Å². The molecule has 3 rings (SSSR count). The van der Waals surface area contributed by atoms with Gasteiger partial charge in [-0.1, -0.05) is 23.4 Å². The van der Waals surface area contributed by atoms with Crippen LogP contribution < -0.4 is 10.2 Å². The average Bonchev–Trinajstić information content (AvgIpc) is 3.04. The lowest BCUT2D eigenvalue weighted by atomic mass is 10.2.